The van der Waals surface area contributed by atoms with E-state index in [1.54, 1.807) is 0 Å². The molecule has 0 bridgehead atoms. The van der Waals surface area contributed by atoms with E-state index in [0.717, 1.165) is 19.0 Å². The molecule has 1 aromatic carbocycles. The Labute approximate surface area is 128 Å². The molecule has 3 nitrogen and oxygen atoms in total. The maximum atomic E-state index is 6.20. The largest absolute Gasteiger partial charge is 0.370 e. The van der Waals surface area contributed by atoms with E-state index < -0.39 is 0 Å². The summed E-state index contributed by atoms with van der Waals surface area (Å²) in [5, 5.41) is 0. The number of hydrogen-bond acceptors (Lipinski definition) is 3. The molecule has 2 aliphatic rings. The van der Waals surface area contributed by atoms with E-state index in [2.05, 4.69) is 47.1 Å². The lowest BCUT2D eigenvalue weighted by atomic mass is 9.75. The molecular formula is C18H27N3. The third-order valence-corrected chi connectivity index (χ3v) is 5.34. The number of hydrogen-bond donors (Lipinski definition) is 1. The lowest BCUT2D eigenvalue weighted by molar-refractivity contribution is 0.125. The molecule has 21 heavy (non-hydrogen) atoms. The van der Waals surface area contributed by atoms with Crippen LogP contribution in [0.2, 0.25) is 0 Å². The van der Waals surface area contributed by atoms with Gasteiger partial charge in [0.2, 0.25) is 0 Å². The Bertz CT molecular complexity index is 486. The molecule has 114 valence electrons. The van der Waals surface area contributed by atoms with E-state index in [4.69, 9.17) is 5.73 Å². The van der Waals surface area contributed by atoms with E-state index in [9.17, 15) is 0 Å². The molecule has 1 aliphatic carbocycles. The molecule has 3 rings (SSSR count). The Kier molecular flexibility index (Phi) is 4.18. The maximum Gasteiger partial charge on any atom is 0.191 e. The number of nitrogens with two attached hydrogens (primary N) is 1. The fourth-order valence-electron chi connectivity index (χ4n) is 3.97. The molecular weight excluding hydrogens is 258 g/mol. The highest BCUT2D eigenvalue weighted by Gasteiger charge is 2.41. The summed E-state index contributed by atoms with van der Waals surface area (Å²) >= 11 is 0. The average Bonchev–Trinajstić information content (AvgIpc) is 2.72. The third kappa shape index (κ3) is 3.07. The van der Waals surface area contributed by atoms with Gasteiger partial charge in [-0.25, -0.2) is 0 Å². The van der Waals surface area contributed by atoms with Crippen molar-refractivity contribution in [2.45, 2.75) is 58.0 Å². The van der Waals surface area contributed by atoms with Crippen molar-refractivity contribution >= 4 is 5.96 Å². The van der Waals surface area contributed by atoms with Crippen LogP contribution in [0.4, 0.5) is 0 Å². The number of guanidine groups is 1. The van der Waals surface area contributed by atoms with Crippen LogP contribution in [0.25, 0.3) is 0 Å². The monoisotopic (exact) mass is 285 g/mol. The van der Waals surface area contributed by atoms with Gasteiger partial charge >= 0.3 is 0 Å². The van der Waals surface area contributed by atoms with Gasteiger partial charge in [0.15, 0.2) is 5.96 Å². The smallest absolute Gasteiger partial charge is 0.191 e. The standard InChI is InChI=1S/C18H27N3/c1-18(11-7-2-3-8-12-18)16-13-20-17(19)21(16)14-15-9-5-4-6-10-15/h4-6,9-10,16H,2-3,7-8,11-14H2,1H3,(H2,19,20). The van der Waals surface area contributed by atoms with Gasteiger partial charge < -0.3 is 10.6 Å². The van der Waals surface area contributed by atoms with Crippen molar-refractivity contribution in [3.05, 3.63) is 35.9 Å². The summed E-state index contributed by atoms with van der Waals surface area (Å²) in [5.74, 6) is 0.731. The molecule has 1 saturated carbocycles. The topological polar surface area (TPSA) is 41.6 Å². The average molecular weight is 285 g/mol. The first-order chi connectivity index (χ1) is 10.2. The van der Waals surface area contributed by atoms with Crippen LogP contribution in [-0.4, -0.2) is 23.4 Å². The molecule has 0 radical (unpaired) electrons. The van der Waals surface area contributed by atoms with Gasteiger partial charge in [-0.05, 0) is 23.8 Å². The molecule has 1 unspecified atom stereocenters. The van der Waals surface area contributed by atoms with Crippen LogP contribution in [0, 0.1) is 5.41 Å². The summed E-state index contributed by atoms with van der Waals surface area (Å²) in [6.07, 6.45) is 8.10. The van der Waals surface area contributed by atoms with E-state index in [-0.39, 0.29) is 0 Å². The van der Waals surface area contributed by atoms with Gasteiger partial charge in [0.1, 0.15) is 0 Å². The number of rotatable bonds is 3. The predicted molar refractivity (Wildman–Crippen MR) is 88.1 cm³/mol. The first-order valence-corrected chi connectivity index (χ1v) is 8.29. The van der Waals surface area contributed by atoms with Gasteiger partial charge in [0, 0.05) is 6.54 Å². The van der Waals surface area contributed by atoms with Crippen LogP contribution < -0.4 is 5.73 Å². The third-order valence-electron chi connectivity index (χ3n) is 5.34. The number of aliphatic imine (C=N–C) groups is 1. The van der Waals surface area contributed by atoms with Gasteiger partial charge in [0.05, 0.1) is 12.6 Å². The van der Waals surface area contributed by atoms with Crippen molar-refractivity contribution < 1.29 is 0 Å². The quantitative estimate of drug-likeness (QED) is 0.863. The molecule has 1 aliphatic heterocycles. The van der Waals surface area contributed by atoms with Crippen molar-refractivity contribution in [2.75, 3.05) is 6.54 Å². The van der Waals surface area contributed by atoms with Crippen LogP contribution in [0.5, 0.6) is 0 Å². The summed E-state index contributed by atoms with van der Waals surface area (Å²) in [5.41, 5.74) is 7.87. The number of benzene rings is 1. The second kappa shape index (κ2) is 6.08. The molecule has 1 fully saturated rings. The van der Waals surface area contributed by atoms with E-state index in [1.807, 2.05) is 0 Å². The zero-order valence-corrected chi connectivity index (χ0v) is 13.1. The van der Waals surface area contributed by atoms with Gasteiger partial charge in [-0.3, -0.25) is 4.99 Å². The molecule has 0 aromatic heterocycles. The van der Waals surface area contributed by atoms with Gasteiger partial charge in [-0.2, -0.15) is 0 Å². The molecule has 3 heteroatoms. The molecule has 0 saturated heterocycles. The minimum absolute atomic E-state index is 0.357. The highest BCUT2D eigenvalue weighted by molar-refractivity contribution is 5.80. The molecule has 1 atom stereocenters. The highest BCUT2D eigenvalue weighted by atomic mass is 15.3. The minimum atomic E-state index is 0.357. The van der Waals surface area contributed by atoms with Crippen LogP contribution in [0.3, 0.4) is 0 Å². The molecule has 0 amide bonds. The Morgan fingerprint density at radius 1 is 1.14 bits per heavy atom. The summed E-state index contributed by atoms with van der Waals surface area (Å²) in [6.45, 7) is 4.21. The first-order valence-electron chi connectivity index (χ1n) is 8.29. The van der Waals surface area contributed by atoms with Gasteiger partial charge in [0.25, 0.3) is 0 Å². The zero-order valence-electron chi connectivity index (χ0n) is 13.1. The number of nitrogens with zero attached hydrogens (tertiary/aromatic N) is 2. The predicted octanol–water partition coefficient (Wildman–Crippen LogP) is 3.55. The Hall–Kier alpha value is -1.51. The zero-order chi connectivity index (χ0) is 14.7. The fraction of sp³-hybridized carbons (Fsp3) is 0.611. The van der Waals surface area contributed by atoms with Crippen molar-refractivity contribution in [1.29, 1.82) is 0 Å². The summed E-state index contributed by atoms with van der Waals surface area (Å²) in [7, 11) is 0. The first kappa shape index (κ1) is 14.4. The second-order valence-electron chi connectivity index (χ2n) is 6.90. The van der Waals surface area contributed by atoms with E-state index in [1.165, 1.54) is 44.1 Å². The van der Waals surface area contributed by atoms with Crippen LogP contribution in [0.15, 0.2) is 35.3 Å². The van der Waals surface area contributed by atoms with Crippen LogP contribution in [-0.2, 0) is 6.54 Å². The summed E-state index contributed by atoms with van der Waals surface area (Å²) in [4.78, 5) is 6.91. The Morgan fingerprint density at radius 3 is 2.48 bits per heavy atom. The fourth-order valence-corrected chi connectivity index (χ4v) is 3.97. The molecule has 0 spiro atoms. The molecule has 1 heterocycles. The normalized spacial score (nSPS) is 25.5. The van der Waals surface area contributed by atoms with Gasteiger partial charge in [-0.15, -0.1) is 0 Å². The van der Waals surface area contributed by atoms with Crippen LogP contribution in [0.1, 0.15) is 51.0 Å². The Morgan fingerprint density at radius 2 is 1.81 bits per heavy atom. The highest BCUT2D eigenvalue weighted by Crippen LogP contribution is 2.41. The Balaban J connectivity index is 1.78. The second-order valence-corrected chi connectivity index (χ2v) is 6.90. The van der Waals surface area contributed by atoms with E-state index >= 15 is 0 Å². The van der Waals surface area contributed by atoms with Crippen molar-refractivity contribution in [3.8, 4) is 0 Å². The summed E-state index contributed by atoms with van der Waals surface area (Å²) in [6, 6.07) is 11.1. The van der Waals surface area contributed by atoms with Crippen molar-refractivity contribution in [3.63, 3.8) is 0 Å². The SMILES string of the molecule is CC1(C2CN=C(N)N2Cc2ccccc2)CCCCCC1. The van der Waals surface area contributed by atoms with Crippen molar-refractivity contribution in [2.24, 2.45) is 16.1 Å². The molecule has 1 aromatic rings. The molecule has 2 N–H and O–H groups in total. The van der Waals surface area contributed by atoms with Crippen LogP contribution >= 0.6 is 0 Å². The van der Waals surface area contributed by atoms with Gasteiger partial charge in [-0.1, -0.05) is 62.9 Å². The lowest BCUT2D eigenvalue weighted by Crippen LogP contribution is -2.48. The van der Waals surface area contributed by atoms with Crippen molar-refractivity contribution in [1.82, 2.24) is 4.90 Å². The summed E-state index contributed by atoms with van der Waals surface area (Å²) < 4.78 is 0. The lowest BCUT2D eigenvalue weighted by Gasteiger charge is -2.40. The van der Waals surface area contributed by atoms with E-state index in [0.29, 0.717) is 11.5 Å². The minimum Gasteiger partial charge on any atom is -0.370 e. The maximum absolute atomic E-state index is 6.20.